The second-order valence-electron chi connectivity index (χ2n) is 5.32. The fourth-order valence-electron chi connectivity index (χ4n) is 2.12. The van der Waals surface area contributed by atoms with Gasteiger partial charge in [-0.2, -0.15) is 10.2 Å². The summed E-state index contributed by atoms with van der Waals surface area (Å²) in [5, 5.41) is 11.8. The number of nitrogens with zero attached hydrogens (tertiary/aromatic N) is 4. The molecule has 5 heteroatoms. The van der Waals surface area contributed by atoms with E-state index >= 15 is 0 Å². The molecule has 0 saturated heterocycles. The Hall–Kier alpha value is -1.65. The van der Waals surface area contributed by atoms with Crippen molar-refractivity contribution in [3.05, 3.63) is 29.1 Å². The average molecular weight is 261 g/mol. The van der Waals surface area contributed by atoms with Gasteiger partial charge in [0.1, 0.15) is 5.82 Å². The van der Waals surface area contributed by atoms with Gasteiger partial charge in [-0.05, 0) is 25.8 Å². The highest BCUT2D eigenvalue weighted by Gasteiger charge is 2.08. The molecule has 104 valence electrons. The van der Waals surface area contributed by atoms with Crippen LogP contribution in [0.5, 0.6) is 0 Å². The number of hydrogen-bond donors (Lipinski definition) is 1. The first kappa shape index (κ1) is 13.8. The Kier molecular flexibility index (Phi) is 4.35. The van der Waals surface area contributed by atoms with Crippen LogP contribution >= 0.6 is 0 Å². The van der Waals surface area contributed by atoms with Crippen LogP contribution in [0.2, 0.25) is 0 Å². The number of nitrogens with one attached hydrogen (secondary N) is 1. The van der Waals surface area contributed by atoms with Crippen LogP contribution in [-0.2, 0) is 19.4 Å². The van der Waals surface area contributed by atoms with Crippen molar-refractivity contribution in [3.63, 3.8) is 0 Å². The summed E-state index contributed by atoms with van der Waals surface area (Å²) in [5.41, 5.74) is 2.25. The maximum absolute atomic E-state index is 4.54. The Morgan fingerprint density at radius 1 is 1.37 bits per heavy atom. The topological polar surface area (TPSA) is 59.4 Å². The Bertz CT molecular complexity index is 526. The zero-order chi connectivity index (χ0) is 13.8. The molecule has 0 aliphatic rings. The largest absolute Gasteiger partial charge is 0.269 e. The van der Waals surface area contributed by atoms with Crippen molar-refractivity contribution in [1.82, 2.24) is 25.0 Å². The Balaban J connectivity index is 1.91. The van der Waals surface area contributed by atoms with Crippen molar-refractivity contribution in [1.29, 1.82) is 0 Å². The number of aromatic nitrogens is 5. The number of H-pyrrole nitrogens is 1. The van der Waals surface area contributed by atoms with Crippen molar-refractivity contribution in [3.8, 4) is 0 Å². The maximum atomic E-state index is 4.54. The van der Waals surface area contributed by atoms with E-state index in [9.17, 15) is 0 Å². The third-order valence-electron chi connectivity index (χ3n) is 3.47. The smallest absolute Gasteiger partial charge is 0.152 e. The van der Waals surface area contributed by atoms with E-state index in [4.69, 9.17) is 0 Å². The Morgan fingerprint density at radius 2 is 2.16 bits per heavy atom. The van der Waals surface area contributed by atoms with E-state index in [2.05, 4.69) is 47.1 Å². The molecule has 2 aromatic rings. The minimum atomic E-state index is 0.650. The van der Waals surface area contributed by atoms with Crippen LogP contribution in [0.3, 0.4) is 0 Å². The van der Waals surface area contributed by atoms with Gasteiger partial charge in [0, 0.05) is 25.1 Å². The first-order chi connectivity index (χ1) is 9.08. The van der Waals surface area contributed by atoms with Gasteiger partial charge in [-0.25, -0.2) is 4.98 Å². The fraction of sp³-hybridized carbons (Fsp3) is 0.643. The lowest BCUT2D eigenvalue weighted by Gasteiger charge is -2.03. The van der Waals surface area contributed by atoms with Crippen LogP contribution in [0.25, 0.3) is 0 Å². The highest BCUT2D eigenvalue weighted by molar-refractivity contribution is 5.06. The molecule has 0 saturated carbocycles. The van der Waals surface area contributed by atoms with E-state index in [-0.39, 0.29) is 0 Å². The van der Waals surface area contributed by atoms with Gasteiger partial charge in [-0.1, -0.05) is 20.3 Å². The second-order valence-corrected chi connectivity index (χ2v) is 5.32. The van der Waals surface area contributed by atoms with Crippen LogP contribution in [-0.4, -0.2) is 25.0 Å². The summed E-state index contributed by atoms with van der Waals surface area (Å²) in [6.07, 6.45) is 2.96. The van der Waals surface area contributed by atoms with Gasteiger partial charge in [0.05, 0.1) is 5.69 Å². The summed E-state index contributed by atoms with van der Waals surface area (Å²) in [6, 6.07) is 2.09. The third kappa shape index (κ3) is 3.66. The van der Waals surface area contributed by atoms with Crippen LogP contribution < -0.4 is 0 Å². The molecule has 2 rings (SSSR count). The van der Waals surface area contributed by atoms with Crippen molar-refractivity contribution < 1.29 is 0 Å². The lowest BCUT2D eigenvalue weighted by molar-refractivity contribution is 0.544. The van der Waals surface area contributed by atoms with E-state index in [1.807, 2.05) is 11.6 Å². The SMILES string of the molecule is CC[C@H](C)Cc1nc(CCn2nc(C)cc2C)n[nH]1. The summed E-state index contributed by atoms with van der Waals surface area (Å²) in [6.45, 7) is 9.36. The Labute approximate surface area is 114 Å². The molecule has 0 radical (unpaired) electrons. The zero-order valence-electron chi connectivity index (χ0n) is 12.3. The van der Waals surface area contributed by atoms with Gasteiger partial charge >= 0.3 is 0 Å². The highest BCUT2D eigenvalue weighted by atomic mass is 15.3. The number of hydrogen-bond acceptors (Lipinski definition) is 3. The summed E-state index contributed by atoms with van der Waals surface area (Å²) in [4.78, 5) is 4.54. The molecule has 0 spiro atoms. The molecule has 5 nitrogen and oxygen atoms in total. The second kappa shape index (κ2) is 5.99. The molecule has 0 unspecified atom stereocenters. The molecule has 1 N–H and O–H groups in total. The number of aromatic amines is 1. The van der Waals surface area contributed by atoms with Gasteiger partial charge in [-0.15, -0.1) is 0 Å². The first-order valence-corrected chi connectivity index (χ1v) is 6.99. The average Bonchev–Trinajstić information content (AvgIpc) is 2.93. The van der Waals surface area contributed by atoms with E-state index in [0.29, 0.717) is 5.92 Å². The standard InChI is InChI=1S/C14H23N5/c1-5-10(2)8-14-15-13(16-17-14)6-7-19-12(4)9-11(3)18-19/h9-10H,5-8H2,1-4H3,(H,15,16,17)/t10-/m0/s1. The maximum Gasteiger partial charge on any atom is 0.152 e. The minimum absolute atomic E-state index is 0.650. The van der Waals surface area contributed by atoms with Gasteiger partial charge in [0.2, 0.25) is 0 Å². The van der Waals surface area contributed by atoms with E-state index in [0.717, 1.165) is 36.7 Å². The van der Waals surface area contributed by atoms with Crippen molar-refractivity contribution in [2.24, 2.45) is 5.92 Å². The van der Waals surface area contributed by atoms with Crippen LogP contribution in [0.4, 0.5) is 0 Å². The molecule has 0 aliphatic carbocycles. The quantitative estimate of drug-likeness (QED) is 0.869. The van der Waals surface area contributed by atoms with Gasteiger partial charge < -0.3 is 0 Å². The molecular formula is C14H23N5. The number of aryl methyl sites for hydroxylation is 4. The fourth-order valence-corrected chi connectivity index (χ4v) is 2.12. The summed E-state index contributed by atoms with van der Waals surface area (Å²) >= 11 is 0. The first-order valence-electron chi connectivity index (χ1n) is 6.99. The van der Waals surface area contributed by atoms with Gasteiger partial charge in [0.15, 0.2) is 5.82 Å². The van der Waals surface area contributed by atoms with E-state index in [1.165, 1.54) is 12.1 Å². The number of rotatable bonds is 6. The summed E-state index contributed by atoms with van der Waals surface area (Å²) in [7, 11) is 0. The Morgan fingerprint density at radius 3 is 2.79 bits per heavy atom. The molecular weight excluding hydrogens is 238 g/mol. The molecule has 19 heavy (non-hydrogen) atoms. The van der Waals surface area contributed by atoms with Crippen molar-refractivity contribution >= 4 is 0 Å². The summed E-state index contributed by atoms with van der Waals surface area (Å²) < 4.78 is 2.01. The molecule has 0 aliphatic heterocycles. The van der Waals surface area contributed by atoms with Crippen molar-refractivity contribution in [2.45, 2.75) is 53.5 Å². The van der Waals surface area contributed by atoms with Crippen molar-refractivity contribution in [2.75, 3.05) is 0 Å². The molecule has 0 bridgehead atoms. The van der Waals surface area contributed by atoms with Crippen LogP contribution in [0.15, 0.2) is 6.07 Å². The molecule has 0 fully saturated rings. The predicted octanol–water partition coefficient (Wildman–Crippen LogP) is 2.45. The van der Waals surface area contributed by atoms with Gasteiger partial charge in [0.25, 0.3) is 0 Å². The van der Waals surface area contributed by atoms with E-state index < -0.39 is 0 Å². The molecule has 2 heterocycles. The normalized spacial score (nSPS) is 12.8. The lowest BCUT2D eigenvalue weighted by Crippen LogP contribution is -2.06. The molecule has 1 atom stereocenters. The predicted molar refractivity (Wildman–Crippen MR) is 74.9 cm³/mol. The van der Waals surface area contributed by atoms with Crippen LogP contribution in [0, 0.1) is 19.8 Å². The van der Waals surface area contributed by atoms with E-state index in [1.54, 1.807) is 0 Å². The highest BCUT2D eigenvalue weighted by Crippen LogP contribution is 2.08. The molecule has 2 aromatic heterocycles. The summed E-state index contributed by atoms with van der Waals surface area (Å²) in [5.74, 6) is 2.53. The molecule has 0 amide bonds. The molecule has 0 aromatic carbocycles. The third-order valence-corrected chi connectivity index (χ3v) is 3.47. The van der Waals surface area contributed by atoms with Gasteiger partial charge in [-0.3, -0.25) is 9.78 Å². The minimum Gasteiger partial charge on any atom is -0.269 e. The lowest BCUT2D eigenvalue weighted by atomic mass is 10.1. The zero-order valence-corrected chi connectivity index (χ0v) is 12.3. The monoisotopic (exact) mass is 261 g/mol. The van der Waals surface area contributed by atoms with Crippen LogP contribution in [0.1, 0.15) is 43.3 Å².